The molecule has 0 aliphatic carbocycles. The van der Waals surface area contributed by atoms with Gasteiger partial charge in [-0.2, -0.15) is 4.31 Å². The Hall–Kier alpha value is -2.18. The first-order valence-corrected chi connectivity index (χ1v) is 10.0. The van der Waals surface area contributed by atoms with Crippen molar-refractivity contribution in [2.45, 2.75) is 26.8 Å². The van der Waals surface area contributed by atoms with Crippen LogP contribution in [-0.4, -0.2) is 31.4 Å². The van der Waals surface area contributed by atoms with Crippen LogP contribution in [0.1, 0.15) is 32.6 Å². The second-order valence-corrected chi connectivity index (χ2v) is 8.64. The van der Waals surface area contributed by atoms with Crippen molar-refractivity contribution in [2.24, 2.45) is 0 Å². The van der Waals surface area contributed by atoms with E-state index in [4.69, 9.17) is 0 Å². The van der Waals surface area contributed by atoms with Crippen molar-refractivity contribution in [1.29, 1.82) is 0 Å². The number of fused-ring (bicyclic) bond motifs is 1. The van der Waals surface area contributed by atoms with Gasteiger partial charge in [0.2, 0.25) is 10.0 Å². The Bertz CT molecular complexity index is 915. The van der Waals surface area contributed by atoms with Gasteiger partial charge in [0.05, 0.1) is 6.26 Å². The molecular weight excluding hydrogens is 336 g/mol. The SMILES string of the molecule is Cc1cc(C)cc(C(=O)Nc2ccc3c(c2)CN(S(C)(=O)=O)CC3)c1. The third-order valence-electron chi connectivity index (χ3n) is 4.39. The van der Waals surface area contributed by atoms with E-state index in [1.807, 2.05) is 50.2 Å². The van der Waals surface area contributed by atoms with E-state index < -0.39 is 10.0 Å². The summed E-state index contributed by atoms with van der Waals surface area (Å²) >= 11 is 0. The molecule has 1 aliphatic rings. The zero-order chi connectivity index (χ0) is 18.2. The number of benzene rings is 2. The molecule has 5 nitrogen and oxygen atoms in total. The first-order chi connectivity index (χ1) is 11.7. The summed E-state index contributed by atoms with van der Waals surface area (Å²) in [6, 6.07) is 11.4. The second-order valence-electron chi connectivity index (χ2n) is 6.66. The van der Waals surface area contributed by atoms with Gasteiger partial charge in [-0.1, -0.05) is 23.3 Å². The van der Waals surface area contributed by atoms with E-state index in [1.165, 1.54) is 10.6 Å². The Balaban J connectivity index is 1.82. The molecule has 2 aromatic carbocycles. The van der Waals surface area contributed by atoms with Crippen LogP contribution in [-0.2, 0) is 23.0 Å². The summed E-state index contributed by atoms with van der Waals surface area (Å²) in [7, 11) is -3.21. The molecule has 0 aromatic heterocycles. The van der Waals surface area contributed by atoms with Gasteiger partial charge in [-0.05, 0) is 55.7 Å². The smallest absolute Gasteiger partial charge is 0.255 e. The summed E-state index contributed by atoms with van der Waals surface area (Å²) < 4.78 is 25.0. The summed E-state index contributed by atoms with van der Waals surface area (Å²) in [4.78, 5) is 12.5. The Morgan fingerprint density at radius 2 is 1.72 bits per heavy atom. The lowest BCUT2D eigenvalue weighted by Gasteiger charge is -2.27. The van der Waals surface area contributed by atoms with Crippen molar-refractivity contribution in [3.8, 4) is 0 Å². The maximum Gasteiger partial charge on any atom is 0.255 e. The molecule has 0 spiro atoms. The van der Waals surface area contributed by atoms with Gasteiger partial charge in [0.1, 0.15) is 0 Å². The number of hydrogen-bond acceptors (Lipinski definition) is 3. The van der Waals surface area contributed by atoms with E-state index in [0.717, 1.165) is 22.3 Å². The summed E-state index contributed by atoms with van der Waals surface area (Å²) in [5.74, 6) is -0.164. The second kappa shape index (κ2) is 6.61. The number of carbonyl (C=O) groups excluding carboxylic acids is 1. The third-order valence-corrected chi connectivity index (χ3v) is 5.64. The van der Waals surface area contributed by atoms with Gasteiger partial charge in [0.15, 0.2) is 0 Å². The van der Waals surface area contributed by atoms with Crippen LogP contribution in [0, 0.1) is 13.8 Å². The van der Waals surface area contributed by atoms with E-state index in [2.05, 4.69) is 5.32 Å². The van der Waals surface area contributed by atoms with Gasteiger partial charge in [-0.25, -0.2) is 8.42 Å². The van der Waals surface area contributed by atoms with Gasteiger partial charge in [0.25, 0.3) is 5.91 Å². The predicted octanol–water partition coefficient (Wildman–Crippen LogP) is 2.87. The highest BCUT2D eigenvalue weighted by molar-refractivity contribution is 7.88. The highest BCUT2D eigenvalue weighted by Crippen LogP contribution is 2.24. The first-order valence-electron chi connectivity index (χ1n) is 8.19. The average molecular weight is 358 g/mol. The molecule has 0 saturated carbocycles. The Labute approximate surface area is 148 Å². The zero-order valence-electron chi connectivity index (χ0n) is 14.7. The molecule has 0 unspecified atom stereocenters. The number of nitrogens with one attached hydrogen (secondary N) is 1. The van der Waals surface area contributed by atoms with Crippen LogP contribution in [0.2, 0.25) is 0 Å². The standard InChI is InChI=1S/C19H22N2O3S/c1-13-8-14(2)10-16(9-13)19(22)20-18-5-4-15-6-7-21(25(3,23)24)12-17(15)11-18/h4-5,8-11H,6-7,12H2,1-3H3,(H,20,22). The maximum atomic E-state index is 12.5. The van der Waals surface area contributed by atoms with Crippen molar-refractivity contribution in [2.75, 3.05) is 18.1 Å². The number of rotatable bonds is 3. The molecule has 0 saturated heterocycles. The van der Waals surface area contributed by atoms with E-state index in [1.54, 1.807) is 0 Å². The van der Waals surface area contributed by atoms with E-state index in [-0.39, 0.29) is 5.91 Å². The van der Waals surface area contributed by atoms with Crippen molar-refractivity contribution in [3.63, 3.8) is 0 Å². The van der Waals surface area contributed by atoms with Crippen molar-refractivity contribution in [1.82, 2.24) is 4.31 Å². The zero-order valence-corrected chi connectivity index (χ0v) is 15.5. The fourth-order valence-corrected chi connectivity index (χ4v) is 4.00. The number of carbonyl (C=O) groups is 1. The molecule has 0 bridgehead atoms. The molecule has 1 N–H and O–H groups in total. The van der Waals surface area contributed by atoms with Crippen LogP contribution in [0.5, 0.6) is 0 Å². The number of sulfonamides is 1. The van der Waals surface area contributed by atoms with Gasteiger partial charge >= 0.3 is 0 Å². The largest absolute Gasteiger partial charge is 0.322 e. The normalized spacial score (nSPS) is 14.8. The topological polar surface area (TPSA) is 66.5 Å². The number of amides is 1. The van der Waals surface area contributed by atoms with Gasteiger partial charge < -0.3 is 5.32 Å². The Morgan fingerprint density at radius 3 is 2.36 bits per heavy atom. The quantitative estimate of drug-likeness (QED) is 0.917. The van der Waals surface area contributed by atoms with E-state index in [0.29, 0.717) is 30.8 Å². The van der Waals surface area contributed by atoms with Crippen molar-refractivity contribution >= 4 is 21.6 Å². The number of nitrogens with zero attached hydrogens (tertiary/aromatic N) is 1. The van der Waals surface area contributed by atoms with Crippen LogP contribution < -0.4 is 5.32 Å². The molecule has 1 amide bonds. The van der Waals surface area contributed by atoms with Crippen LogP contribution in [0.3, 0.4) is 0 Å². The minimum absolute atomic E-state index is 0.164. The Morgan fingerprint density at radius 1 is 1.04 bits per heavy atom. The molecule has 2 aromatic rings. The van der Waals surface area contributed by atoms with Crippen LogP contribution in [0.4, 0.5) is 5.69 Å². The molecule has 1 aliphatic heterocycles. The lowest BCUT2D eigenvalue weighted by molar-refractivity contribution is 0.102. The van der Waals surface area contributed by atoms with Gasteiger partial charge in [-0.3, -0.25) is 4.79 Å². The van der Waals surface area contributed by atoms with E-state index in [9.17, 15) is 13.2 Å². The summed E-state index contributed by atoms with van der Waals surface area (Å²) in [5.41, 5.74) is 5.45. The minimum Gasteiger partial charge on any atom is -0.322 e. The number of anilines is 1. The maximum absolute atomic E-state index is 12.5. The molecule has 6 heteroatoms. The molecular formula is C19H22N2O3S. The fraction of sp³-hybridized carbons (Fsp3) is 0.316. The van der Waals surface area contributed by atoms with Crippen molar-refractivity contribution in [3.05, 3.63) is 64.2 Å². The van der Waals surface area contributed by atoms with Crippen molar-refractivity contribution < 1.29 is 13.2 Å². The summed E-state index contributed by atoms with van der Waals surface area (Å²) in [6.45, 7) is 4.77. The molecule has 3 rings (SSSR count). The molecule has 0 radical (unpaired) electrons. The lowest BCUT2D eigenvalue weighted by atomic mass is 10.0. The number of aryl methyl sites for hydroxylation is 2. The third kappa shape index (κ3) is 4.08. The highest BCUT2D eigenvalue weighted by Gasteiger charge is 2.23. The van der Waals surface area contributed by atoms with Gasteiger partial charge in [-0.15, -0.1) is 0 Å². The van der Waals surface area contributed by atoms with E-state index >= 15 is 0 Å². The molecule has 0 fully saturated rings. The molecule has 132 valence electrons. The van der Waals surface area contributed by atoms with Crippen LogP contribution in [0.25, 0.3) is 0 Å². The van der Waals surface area contributed by atoms with Crippen LogP contribution in [0.15, 0.2) is 36.4 Å². The summed E-state index contributed by atoms with van der Waals surface area (Å²) in [5, 5.41) is 2.91. The molecule has 1 heterocycles. The molecule has 25 heavy (non-hydrogen) atoms. The highest BCUT2D eigenvalue weighted by atomic mass is 32.2. The minimum atomic E-state index is -3.21. The summed E-state index contributed by atoms with van der Waals surface area (Å²) in [6.07, 6.45) is 1.91. The average Bonchev–Trinajstić information content (AvgIpc) is 2.52. The molecule has 0 atom stereocenters. The number of hydrogen-bond donors (Lipinski definition) is 1. The first kappa shape index (κ1) is 17.6. The fourth-order valence-electron chi connectivity index (χ4n) is 3.20. The monoisotopic (exact) mass is 358 g/mol. The van der Waals surface area contributed by atoms with Gasteiger partial charge in [0, 0.05) is 24.3 Å². The van der Waals surface area contributed by atoms with Crippen LogP contribution >= 0.6 is 0 Å². The lowest BCUT2D eigenvalue weighted by Crippen LogP contribution is -2.35. The Kier molecular flexibility index (Phi) is 4.67. The predicted molar refractivity (Wildman–Crippen MR) is 99.3 cm³/mol.